The van der Waals surface area contributed by atoms with E-state index in [1.807, 2.05) is 29.1 Å². The van der Waals surface area contributed by atoms with E-state index in [0.29, 0.717) is 23.3 Å². The van der Waals surface area contributed by atoms with Crippen LogP contribution < -0.4 is 4.74 Å². The number of aromatic nitrogens is 4. The van der Waals surface area contributed by atoms with Gasteiger partial charge in [0.1, 0.15) is 5.82 Å². The molecule has 6 heteroatoms. The van der Waals surface area contributed by atoms with Crippen molar-refractivity contribution in [1.82, 2.24) is 19.3 Å². The molecule has 7 rings (SSSR count). The predicted molar refractivity (Wildman–Crippen MR) is 197 cm³/mol. The molecule has 4 aromatic carbocycles. The van der Waals surface area contributed by atoms with Crippen molar-refractivity contribution in [3.05, 3.63) is 131 Å². The molecule has 0 atom stereocenters. The summed E-state index contributed by atoms with van der Waals surface area (Å²) in [4.78, 5) is 4.78. The Morgan fingerprint density at radius 1 is 0.735 bits per heavy atom. The maximum atomic E-state index is 6.63. The van der Waals surface area contributed by atoms with E-state index in [1.54, 1.807) is 0 Å². The van der Waals surface area contributed by atoms with E-state index >= 15 is 0 Å². The Balaban J connectivity index is 0.00000417. The van der Waals surface area contributed by atoms with Gasteiger partial charge < -0.3 is 9.30 Å². The van der Waals surface area contributed by atoms with Crippen molar-refractivity contribution < 1.29 is 25.8 Å². The Hall–Kier alpha value is -4.47. The van der Waals surface area contributed by atoms with Crippen LogP contribution in [0.2, 0.25) is 0 Å². The summed E-state index contributed by atoms with van der Waals surface area (Å²) in [7, 11) is 0. The zero-order chi connectivity index (χ0) is 33.5. The second-order valence-corrected chi connectivity index (χ2v) is 13.8. The van der Waals surface area contributed by atoms with Crippen LogP contribution in [-0.2, 0) is 33.9 Å². The molecule has 3 aromatic heterocycles. The van der Waals surface area contributed by atoms with Gasteiger partial charge in [-0.2, -0.15) is 16.7 Å². The second-order valence-electron chi connectivity index (χ2n) is 13.8. The van der Waals surface area contributed by atoms with E-state index in [9.17, 15) is 0 Å². The first kappa shape index (κ1) is 34.4. The van der Waals surface area contributed by atoms with Gasteiger partial charge in [0, 0.05) is 34.5 Å². The van der Waals surface area contributed by atoms with Gasteiger partial charge in [-0.3, -0.25) is 4.68 Å². The van der Waals surface area contributed by atoms with E-state index in [2.05, 4.69) is 132 Å². The molecule has 0 fully saturated rings. The fourth-order valence-corrected chi connectivity index (χ4v) is 6.87. The van der Waals surface area contributed by atoms with Gasteiger partial charge in [0.2, 0.25) is 0 Å². The number of ether oxygens (including phenoxy) is 1. The molecule has 0 saturated heterocycles. The van der Waals surface area contributed by atoms with E-state index < -0.39 is 0 Å². The van der Waals surface area contributed by atoms with Crippen molar-refractivity contribution in [3.8, 4) is 34.1 Å². The average molecular weight is 826 g/mol. The molecule has 49 heavy (non-hydrogen) atoms. The zero-order valence-electron chi connectivity index (χ0n) is 29.2. The van der Waals surface area contributed by atoms with Gasteiger partial charge in [0.05, 0.1) is 5.69 Å². The van der Waals surface area contributed by atoms with Crippen LogP contribution in [0, 0.1) is 44.7 Å². The Kier molecular flexibility index (Phi) is 9.95. The third-order valence-electron chi connectivity index (χ3n) is 8.82. The minimum Gasteiger partial charge on any atom is -0.509 e. The van der Waals surface area contributed by atoms with E-state index in [4.69, 9.17) is 14.8 Å². The van der Waals surface area contributed by atoms with Crippen LogP contribution in [-0.4, -0.2) is 19.3 Å². The molecule has 0 bridgehead atoms. The smallest absolute Gasteiger partial charge is 0.509 e. The van der Waals surface area contributed by atoms with Crippen LogP contribution in [0.5, 0.6) is 11.5 Å². The molecule has 0 aliphatic carbocycles. The summed E-state index contributed by atoms with van der Waals surface area (Å²) in [6.07, 6.45) is 3.82. The summed E-state index contributed by atoms with van der Waals surface area (Å²) < 4.78 is 10.8. The molecule has 250 valence electrons. The van der Waals surface area contributed by atoms with Gasteiger partial charge in [-0.25, -0.2) is 4.98 Å². The molecule has 0 N–H and O–H groups in total. The van der Waals surface area contributed by atoms with Gasteiger partial charge in [0.25, 0.3) is 0 Å². The van der Waals surface area contributed by atoms with Crippen LogP contribution in [0.4, 0.5) is 0 Å². The van der Waals surface area contributed by atoms with E-state index in [-0.39, 0.29) is 21.1 Å². The molecule has 3 heterocycles. The molecule has 0 unspecified atom stereocenters. The maximum absolute atomic E-state index is 6.63. The van der Waals surface area contributed by atoms with E-state index in [1.165, 1.54) is 16.5 Å². The number of benzene rings is 4. The Morgan fingerprint density at radius 2 is 1.49 bits per heavy atom. The number of hydrogen-bond donors (Lipinski definition) is 0. The molecular formula is C43H42N4OPt. The van der Waals surface area contributed by atoms with Crippen molar-refractivity contribution in [2.24, 2.45) is 11.8 Å². The van der Waals surface area contributed by atoms with Crippen molar-refractivity contribution in [1.29, 1.82) is 0 Å². The Bertz CT molecular complexity index is 2260. The molecule has 0 radical (unpaired) electrons. The minimum atomic E-state index is 0. The number of aryl methyl sites for hydroxylation is 2. The quantitative estimate of drug-likeness (QED) is 0.136. The molecule has 0 aliphatic rings. The predicted octanol–water partition coefficient (Wildman–Crippen LogP) is 10.7. The summed E-state index contributed by atoms with van der Waals surface area (Å²) in [5.41, 5.74) is 10.9. The Labute approximate surface area is 304 Å². The zero-order valence-corrected chi connectivity index (χ0v) is 31.5. The number of fused-ring (bicyclic) bond motifs is 3. The molecule has 5 nitrogen and oxygen atoms in total. The number of hydrogen-bond acceptors (Lipinski definition) is 3. The monoisotopic (exact) mass is 825 g/mol. The molecule has 0 aliphatic heterocycles. The van der Waals surface area contributed by atoms with Crippen LogP contribution in [0.1, 0.15) is 55.8 Å². The number of nitrogens with zero attached hydrogens (tertiary/aromatic N) is 4. The Morgan fingerprint density at radius 3 is 2.22 bits per heavy atom. The first-order chi connectivity index (χ1) is 23.1. The number of pyridine rings is 1. The van der Waals surface area contributed by atoms with Crippen LogP contribution in [0.3, 0.4) is 0 Å². The maximum Gasteiger partial charge on any atom is 2.00 e. The summed E-state index contributed by atoms with van der Waals surface area (Å²) in [5, 5.41) is 7.30. The molecule has 7 aromatic rings. The van der Waals surface area contributed by atoms with Gasteiger partial charge in [-0.05, 0) is 91.4 Å². The second kappa shape index (κ2) is 14.2. The minimum absolute atomic E-state index is 0. The van der Waals surface area contributed by atoms with Gasteiger partial charge in [0.15, 0.2) is 0 Å². The van der Waals surface area contributed by atoms with E-state index in [0.717, 1.165) is 68.8 Å². The molecule has 0 saturated carbocycles. The topological polar surface area (TPSA) is 44.9 Å². The van der Waals surface area contributed by atoms with Gasteiger partial charge in [-0.15, -0.1) is 35.7 Å². The summed E-state index contributed by atoms with van der Waals surface area (Å²) in [6, 6.07) is 37.0. The standard InChI is InChI=1S/C43H42N4O.Pt/c1-27(2)19-32-13-16-40-39(24-32)38-15-14-36(26-41(38)46(40)42-21-29(5)17-18-44-42)48-37-23-33(20-28(3)4)22-35(25-37)47-31(7)43(30(6)45-47)34-11-9-8-10-12-34;/h8-18,21-24,27-28H,19-20H2,1-7H3;/q-2;+2. The first-order valence-electron chi connectivity index (χ1n) is 16.9. The van der Waals surface area contributed by atoms with Crippen LogP contribution in [0.25, 0.3) is 44.4 Å². The van der Waals surface area contributed by atoms with Gasteiger partial charge in [-0.1, -0.05) is 75.7 Å². The van der Waals surface area contributed by atoms with Crippen molar-refractivity contribution in [2.45, 2.75) is 61.3 Å². The van der Waals surface area contributed by atoms with Crippen molar-refractivity contribution in [3.63, 3.8) is 0 Å². The van der Waals surface area contributed by atoms with Crippen LogP contribution in [0.15, 0.2) is 91.1 Å². The normalized spacial score (nSPS) is 11.5. The molecular weight excluding hydrogens is 784 g/mol. The third kappa shape index (κ3) is 7.00. The van der Waals surface area contributed by atoms with Crippen LogP contribution >= 0.6 is 0 Å². The fraction of sp³-hybridized carbons (Fsp3) is 0.256. The fourth-order valence-electron chi connectivity index (χ4n) is 6.87. The van der Waals surface area contributed by atoms with Crippen molar-refractivity contribution >= 4 is 21.8 Å². The molecule has 0 spiro atoms. The summed E-state index contributed by atoms with van der Waals surface area (Å²) in [5.74, 6) is 3.20. The SMILES string of the molecule is Cc1ccnc(-n2c3[c-]c(Oc4[c-]c(-n5nc(C)c(-c6ccccc6)c5C)cc(CC(C)C)c4)ccc3c3cc(CC(C)C)ccc32)c1.[Pt+2]. The molecule has 0 amide bonds. The largest absolute Gasteiger partial charge is 2.00 e. The average Bonchev–Trinajstić information content (AvgIpc) is 3.53. The number of rotatable bonds is 9. The summed E-state index contributed by atoms with van der Waals surface area (Å²) >= 11 is 0. The summed E-state index contributed by atoms with van der Waals surface area (Å²) in [6.45, 7) is 15.3. The first-order valence-corrected chi connectivity index (χ1v) is 16.9. The van der Waals surface area contributed by atoms with Crippen molar-refractivity contribution in [2.75, 3.05) is 0 Å². The third-order valence-corrected chi connectivity index (χ3v) is 8.82. The van der Waals surface area contributed by atoms with Gasteiger partial charge >= 0.3 is 21.1 Å².